The maximum Gasteiger partial charge on any atom is 0.266 e. The van der Waals surface area contributed by atoms with Gasteiger partial charge in [0.25, 0.3) is 5.89 Å². The Labute approximate surface area is 167 Å². The molecule has 0 saturated carbocycles. The van der Waals surface area contributed by atoms with Crippen LogP contribution < -0.4 is 10.1 Å². The SMILES string of the molecule is COc1ccc(Nc2oc(-c3ccco3)nc2S(=O)(=O)c2ccc(C)cc2)cc1. The van der Waals surface area contributed by atoms with E-state index in [-0.39, 0.29) is 21.7 Å². The van der Waals surface area contributed by atoms with Crippen LogP contribution in [0.5, 0.6) is 5.75 Å². The number of methoxy groups -OCH3 is 1. The van der Waals surface area contributed by atoms with Crippen LogP contribution >= 0.6 is 0 Å². The molecular formula is C21H18N2O5S. The zero-order valence-corrected chi connectivity index (χ0v) is 16.6. The Morgan fingerprint density at radius 1 is 1.00 bits per heavy atom. The van der Waals surface area contributed by atoms with Crippen molar-refractivity contribution in [2.24, 2.45) is 0 Å². The van der Waals surface area contributed by atoms with Crippen molar-refractivity contribution < 1.29 is 22.0 Å². The number of furan rings is 1. The fourth-order valence-corrected chi connectivity index (χ4v) is 3.96. The van der Waals surface area contributed by atoms with Crippen LogP contribution in [0.15, 0.2) is 85.7 Å². The summed E-state index contributed by atoms with van der Waals surface area (Å²) in [6.45, 7) is 1.89. The van der Waals surface area contributed by atoms with Crippen LogP contribution in [0, 0.1) is 6.92 Å². The molecule has 7 nitrogen and oxygen atoms in total. The monoisotopic (exact) mass is 410 g/mol. The number of nitrogens with zero attached hydrogens (tertiary/aromatic N) is 1. The third-order valence-corrected chi connectivity index (χ3v) is 5.94. The van der Waals surface area contributed by atoms with Crippen LogP contribution in [0.3, 0.4) is 0 Å². The molecule has 4 aromatic rings. The molecular weight excluding hydrogens is 392 g/mol. The highest BCUT2D eigenvalue weighted by molar-refractivity contribution is 7.91. The number of oxazole rings is 1. The number of nitrogens with one attached hydrogen (secondary N) is 1. The van der Waals surface area contributed by atoms with Gasteiger partial charge in [-0.15, -0.1) is 0 Å². The first kappa shape index (κ1) is 18.8. The van der Waals surface area contributed by atoms with E-state index in [1.165, 1.54) is 6.26 Å². The predicted molar refractivity (Wildman–Crippen MR) is 107 cm³/mol. The number of benzene rings is 2. The minimum Gasteiger partial charge on any atom is -0.497 e. The first-order chi connectivity index (χ1) is 14.0. The number of aryl methyl sites for hydroxylation is 1. The van der Waals surface area contributed by atoms with Gasteiger partial charge in [0.2, 0.25) is 20.7 Å². The summed E-state index contributed by atoms with van der Waals surface area (Å²) in [7, 11) is -2.35. The molecule has 1 N–H and O–H groups in total. The molecule has 8 heteroatoms. The van der Waals surface area contributed by atoms with Gasteiger partial charge in [0.1, 0.15) is 5.75 Å². The van der Waals surface area contributed by atoms with Crippen LogP contribution in [0.4, 0.5) is 11.6 Å². The number of rotatable bonds is 6. The van der Waals surface area contributed by atoms with E-state index in [4.69, 9.17) is 13.6 Å². The van der Waals surface area contributed by atoms with Crippen molar-refractivity contribution in [2.45, 2.75) is 16.8 Å². The van der Waals surface area contributed by atoms with Gasteiger partial charge in [-0.1, -0.05) is 17.7 Å². The Balaban J connectivity index is 1.79. The second kappa shape index (κ2) is 7.48. The van der Waals surface area contributed by atoms with Crippen LogP contribution in [-0.4, -0.2) is 20.5 Å². The average molecular weight is 410 g/mol. The molecule has 0 unspecified atom stereocenters. The summed E-state index contributed by atoms with van der Waals surface area (Å²) in [5.74, 6) is 1.07. The summed E-state index contributed by atoms with van der Waals surface area (Å²) in [5.41, 5.74) is 1.57. The molecule has 148 valence electrons. The number of hydrogen-bond donors (Lipinski definition) is 1. The van der Waals surface area contributed by atoms with Crippen LogP contribution in [0.25, 0.3) is 11.7 Å². The Bertz CT molecular complexity index is 1210. The van der Waals surface area contributed by atoms with Crippen molar-refractivity contribution >= 4 is 21.4 Å². The molecule has 0 amide bonds. The molecule has 2 heterocycles. The Hall–Kier alpha value is -3.52. The van der Waals surface area contributed by atoms with E-state index < -0.39 is 9.84 Å². The molecule has 0 bridgehead atoms. The molecule has 29 heavy (non-hydrogen) atoms. The molecule has 0 atom stereocenters. The molecule has 2 aromatic heterocycles. The van der Waals surface area contributed by atoms with Gasteiger partial charge < -0.3 is 18.9 Å². The van der Waals surface area contributed by atoms with E-state index in [1.54, 1.807) is 67.8 Å². The van der Waals surface area contributed by atoms with Crippen molar-refractivity contribution in [3.8, 4) is 17.4 Å². The summed E-state index contributed by atoms with van der Waals surface area (Å²) in [6, 6.07) is 16.9. The zero-order valence-electron chi connectivity index (χ0n) is 15.7. The fourth-order valence-electron chi connectivity index (χ4n) is 2.71. The maximum absolute atomic E-state index is 13.2. The Morgan fingerprint density at radius 2 is 1.72 bits per heavy atom. The van der Waals surface area contributed by atoms with Crippen LogP contribution in [-0.2, 0) is 9.84 Å². The number of anilines is 2. The fraction of sp³-hybridized carbons (Fsp3) is 0.0952. The van der Waals surface area contributed by atoms with Crippen molar-refractivity contribution in [1.82, 2.24) is 4.98 Å². The lowest BCUT2D eigenvalue weighted by Crippen LogP contribution is -2.05. The minimum atomic E-state index is -3.92. The molecule has 0 spiro atoms. The normalized spacial score (nSPS) is 11.4. The van der Waals surface area contributed by atoms with Gasteiger partial charge in [-0.3, -0.25) is 0 Å². The Morgan fingerprint density at radius 3 is 2.34 bits per heavy atom. The van der Waals surface area contributed by atoms with Gasteiger partial charge in [-0.05, 0) is 55.5 Å². The van der Waals surface area contributed by atoms with E-state index >= 15 is 0 Å². The maximum atomic E-state index is 13.2. The van der Waals surface area contributed by atoms with E-state index in [1.807, 2.05) is 6.92 Å². The third-order valence-electron chi connectivity index (χ3n) is 4.26. The van der Waals surface area contributed by atoms with E-state index in [9.17, 15) is 8.42 Å². The largest absolute Gasteiger partial charge is 0.497 e. The van der Waals surface area contributed by atoms with Gasteiger partial charge >= 0.3 is 0 Å². The third kappa shape index (κ3) is 3.74. The molecule has 0 aliphatic heterocycles. The van der Waals surface area contributed by atoms with Crippen molar-refractivity contribution in [2.75, 3.05) is 12.4 Å². The number of sulfone groups is 1. The molecule has 0 aliphatic carbocycles. The summed E-state index contributed by atoms with van der Waals surface area (Å²) in [6.07, 6.45) is 1.46. The lowest BCUT2D eigenvalue weighted by molar-refractivity contribution is 0.415. The molecule has 4 rings (SSSR count). The number of ether oxygens (including phenoxy) is 1. The Kier molecular flexibility index (Phi) is 4.85. The van der Waals surface area contributed by atoms with E-state index in [2.05, 4.69) is 10.3 Å². The summed E-state index contributed by atoms with van der Waals surface area (Å²) >= 11 is 0. The number of hydrogen-bond acceptors (Lipinski definition) is 7. The highest BCUT2D eigenvalue weighted by Gasteiger charge is 2.29. The lowest BCUT2D eigenvalue weighted by Gasteiger charge is -2.07. The van der Waals surface area contributed by atoms with E-state index in [0.717, 1.165) is 5.56 Å². The van der Waals surface area contributed by atoms with Gasteiger partial charge in [-0.2, -0.15) is 4.98 Å². The van der Waals surface area contributed by atoms with Gasteiger partial charge in [0.15, 0.2) is 5.76 Å². The average Bonchev–Trinajstić information content (AvgIpc) is 3.39. The van der Waals surface area contributed by atoms with Crippen LogP contribution in [0.1, 0.15) is 5.56 Å². The molecule has 0 radical (unpaired) electrons. The summed E-state index contributed by atoms with van der Waals surface area (Å²) in [4.78, 5) is 4.34. The predicted octanol–water partition coefficient (Wildman–Crippen LogP) is 4.83. The van der Waals surface area contributed by atoms with Gasteiger partial charge in [-0.25, -0.2) is 8.42 Å². The molecule has 2 aromatic carbocycles. The topological polar surface area (TPSA) is 94.6 Å². The summed E-state index contributed by atoms with van der Waals surface area (Å²) in [5, 5.41) is 2.77. The van der Waals surface area contributed by atoms with Crippen molar-refractivity contribution in [3.05, 3.63) is 72.5 Å². The van der Waals surface area contributed by atoms with Gasteiger partial charge in [0, 0.05) is 5.69 Å². The van der Waals surface area contributed by atoms with Crippen molar-refractivity contribution in [1.29, 1.82) is 0 Å². The number of aromatic nitrogens is 1. The van der Waals surface area contributed by atoms with Crippen LogP contribution in [0.2, 0.25) is 0 Å². The zero-order chi connectivity index (χ0) is 20.4. The first-order valence-electron chi connectivity index (χ1n) is 8.75. The lowest BCUT2D eigenvalue weighted by atomic mass is 10.2. The second-order valence-corrected chi connectivity index (χ2v) is 8.17. The van der Waals surface area contributed by atoms with E-state index in [0.29, 0.717) is 17.2 Å². The molecule has 0 fully saturated rings. The second-order valence-electron chi connectivity index (χ2n) is 6.30. The highest BCUT2D eigenvalue weighted by atomic mass is 32.2. The highest BCUT2D eigenvalue weighted by Crippen LogP contribution is 2.34. The van der Waals surface area contributed by atoms with Gasteiger partial charge in [0.05, 0.1) is 18.3 Å². The van der Waals surface area contributed by atoms with Crippen molar-refractivity contribution in [3.63, 3.8) is 0 Å². The molecule has 0 saturated heterocycles. The standard InChI is InChI=1S/C21H18N2O5S/c1-14-5-11-17(12-6-14)29(24,25)21-20(22-15-7-9-16(26-2)10-8-15)28-19(23-21)18-4-3-13-27-18/h3-13,22H,1-2H3. The quantitative estimate of drug-likeness (QED) is 0.486. The minimum absolute atomic E-state index is 0.00198. The molecule has 0 aliphatic rings. The first-order valence-corrected chi connectivity index (χ1v) is 10.2. The summed E-state index contributed by atoms with van der Waals surface area (Å²) < 4.78 is 42.6. The smallest absolute Gasteiger partial charge is 0.266 e.